The summed E-state index contributed by atoms with van der Waals surface area (Å²) in [6, 6.07) is 8.77. The second-order valence-corrected chi connectivity index (χ2v) is 6.49. The molecule has 0 amide bonds. The van der Waals surface area contributed by atoms with E-state index in [1.165, 1.54) is 56.3 Å². The molecule has 0 atom stereocenters. The standard InChI is InChI=1S/C19H32N4/c1-2-3-11-21-19(20)22-15-17-9-8-10-18(14-17)16-23-12-6-4-5-7-13-23/h8-10,14H,2-7,11-13,15-16H2,1H3,(H3,20,21,22). The van der Waals surface area contributed by atoms with Gasteiger partial charge in [-0.05, 0) is 43.5 Å². The van der Waals surface area contributed by atoms with Crippen molar-refractivity contribution in [3.8, 4) is 0 Å². The molecule has 1 aliphatic rings. The SMILES string of the molecule is CCCCNC(N)=NCc1cccc(CN2CCCCCC2)c1. The van der Waals surface area contributed by atoms with Gasteiger partial charge in [0.05, 0.1) is 6.54 Å². The predicted molar refractivity (Wildman–Crippen MR) is 98.4 cm³/mol. The lowest BCUT2D eigenvalue weighted by Gasteiger charge is -2.20. The summed E-state index contributed by atoms with van der Waals surface area (Å²) in [5, 5.41) is 3.16. The molecule has 23 heavy (non-hydrogen) atoms. The zero-order chi connectivity index (χ0) is 16.3. The van der Waals surface area contributed by atoms with Gasteiger partial charge in [-0.3, -0.25) is 4.90 Å². The Hall–Kier alpha value is -1.55. The highest BCUT2D eigenvalue weighted by atomic mass is 15.1. The van der Waals surface area contributed by atoms with Gasteiger partial charge in [0.25, 0.3) is 0 Å². The Balaban J connectivity index is 1.85. The lowest BCUT2D eigenvalue weighted by Crippen LogP contribution is -2.32. The zero-order valence-electron chi connectivity index (χ0n) is 14.6. The predicted octanol–water partition coefficient (Wildman–Crippen LogP) is 3.27. The first-order valence-corrected chi connectivity index (χ1v) is 9.12. The van der Waals surface area contributed by atoms with E-state index < -0.39 is 0 Å². The van der Waals surface area contributed by atoms with Crippen molar-refractivity contribution in [2.45, 2.75) is 58.5 Å². The molecule has 0 radical (unpaired) electrons. The number of rotatable bonds is 7. The fourth-order valence-corrected chi connectivity index (χ4v) is 3.00. The number of nitrogens with two attached hydrogens (primary N) is 1. The number of aliphatic imine (C=N–C) groups is 1. The maximum Gasteiger partial charge on any atom is 0.188 e. The fourth-order valence-electron chi connectivity index (χ4n) is 3.00. The van der Waals surface area contributed by atoms with Crippen LogP contribution >= 0.6 is 0 Å². The highest BCUT2D eigenvalue weighted by Crippen LogP contribution is 2.14. The maximum atomic E-state index is 5.90. The Kier molecular flexibility index (Phi) is 7.95. The van der Waals surface area contributed by atoms with Crippen LogP contribution in [0.25, 0.3) is 0 Å². The van der Waals surface area contributed by atoms with E-state index in [0.717, 1.165) is 19.5 Å². The quantitative estimate of drug-likeness (QED) is 0.461. The second-order valence-electron chi connectivity index (χ2n) is 6.49. The van der Waals surface area contributed by atoms with Crippen molar-refractivity contribution in [1.29, 1.82) is 0 Å². The van der Waals surface area contributed by atoms with Crippen molar-refractivity contribution in [1.82, 2.24) is 10.2 Å². The van der Waals surface area contributed by atoms with Crippen molar-refractivity contribution in [2.75, 3.05) is 19.6 Å². The van der Waals surface area contributed by atoms with E-state index in [0.29, 0.717) is 12.5 Å². The summed E-state index contributed by atoms with van der Waals surface area (Å²) in [5.41, 5.74) is 8.52. The van der Waals surface area contributed by atoms with Crippen LogP contribution in [-0.4, -0.2) is 30.5 Å². The van der Waals surface area contributed by atoms with Crippen LogP contribution in [-0.2, 0) is 13.1 Å². The topological polar surface area (TPSA) is 53.6 Å². The monoisotopic (exact) mass is 316 g/mol. The van der Waals surface area contributed by atoms with Gasteiger partial charge in [0.15, 0.2) is 5.96 Å². The molecule has 1 saturated heterocycles. The third-order valence-corrected chi connectivity index (χ3v) is 4.36. The van der Waals surface area contributed by atoms with Gasteiger partial charge < -0.3 is 11.1 Å². The second kappa shape index (κ2) is 10.3. The molecule has 0 bridgehead atoms. The molecule has 4 nitrogen and oxygen atoms in total. The minimum Gasteiger partial charge on any atom is -0.370 e. The van der Waals surface area contributed by atoms with Crippen molar-refractivity contribution in [3.63, 3.8) is 0 Å². The Labute approximate surface area is 141 Å². The number of nitrogens with one attached hydrogen (secondary N) is 1. The molecule has 0 spiro atoms. The molecule has 1 heterocycles. The van der Waals surface area contributed by atoms with E-state index in [2.05, 4.69) is 46.4 Å². The third kappa shape index (κ3) is 7.04. The summed E-state index contributed by atoms with van der Waals surface area (Å²) in [7, 11) is 0. The molecule has 0 aliphatic carbocycles. The van der Waals surface area contributed by atoms with Crippen LogP contribution in [0.5, 0.6) is 0 Å². The lowest BCUT2D eigenvalue weighted by atomic mass is 10.1. The Morgan fingerprint density at radius 1 is 1.17 bits per heavy atom. The van der Waals surface area contributed by atoms with Gasteiger partial charge in [0.2, 0.25) is 0 Å². The van der Waals surface area contributed by atoms with Crippen molar-refractivity contribution in [2.24, 2.45) is 10.7 Å². The molecule has 4 heteroatoms. The molecule has 0 saturated carbocycles. The van der Waals surface area contributed by atoms with E-state index in [1.807, 2.05) is 0 Å². The molecular formula is C19H32N4. The number of hydrogen-bond acceptors (Lipinski definition) is 2. The number of guanidine groups is 1. The number of likely N-dealkylation sites (tertiary alicyclic amines) is 1. The summed E-state index contributed by atoms with van der Waals surface area (Å²) in [6.45, 7) is 7.25. The summed E-state index contributed by atoms with van der Waals surface area (Å²) < 4.78 is 0. The molecule has 2 rings (SSSR count). The zero-order valence-corrected chi connectivity index (χ0v) is 14.6. The van der Waals surface area contributed by atoms with Crippen LogP contribution in [0.3, 0.4) is 0 Å². The molecule has 1 aromatic carbocycles. The molecule has 1 aromatic rings. The van der Waals surface area contributed by atoms with Gasteiger partial charge in [-0.1, -0.05) is 50.5 Å². The van der Waals surface area contributed by atoms with Gasteiger partial charge in [0, 0.05) is 13.1 Å². The van der Waals surface area contributed by atoms with Crippen LogP contribution in [0.15, 0.2) is 29.3 Å². The Morgan fingerprint density at radius 2 is 1.91 bits per heavy atom. The summed E-state index contributed by atoms with van der Waals surface area (Å²) in [6.07, 6.45) is 7.74. The van der Waals surface area contributed by atoms with Crippen LogP contribution in [0.4, 0.5) is 0 Å². The molecule has 0 unspecified atom stereocenters. The Morgan fingerprint density at radius 3 is 2.65 bits per heavy atom. The molecule has 0 aromatic heterocycles. The van der Waals surface area contributed by atoms with Crippen LogP contribution in [0.2, 0.25) is 0 Å². The van der Waals surface area contributed by atoms with E-state index >= 15 is 0 Å². The first kappa shape index (κ1) is 17.8. The number of hydrogen-bond donors (Lipinski definition) is 2. The molecule has 1 fully saturated rings. The van der Waals surface area contributed by atoms with E-state index in [-0.39, 0.29) is 0 Å². The first-order valence-electron chi connectivity index (χ1n) is 9.12. The molecule has 1 aliphatic heterocycles. The minimum absolute atomic E-state index is 0.552. The summed E-state index contributed by atoms with van der Waals surface area (Å²) in [4.78, 5) is 7.02. The average molecular weight is 316 g/mol. The minimum atomic E-state index is 0.552. The van der Waals surface area contributed by atoms with Crippen LogP contribution in [0, 0.1) is 0 Å². The molecule has 3 N–H and O–H groups in total. The highest BCUT2D eigenvalue weighted by molar-refractivity contribution is 5.77. The third-order valence-electron chi connectivity index (χ3n) is 4.36. The summed E-state index contributed by atoms with van der Waals surface area (Å²) >= 11 is 0. The molecule has 128 valence electrons. The average Bonchev–Trinajstić information content (AvgIpc) is 2.82. The largest absolute Gasteiger partial charge is 0.370 e. The maximum absolute atomic E-state index is 5.90. The number of benzene rings is 1. The van der Waals surface area contributed by atoms with Gasteiger partial charge in [-0.2, -0.15) is 0 Å². The smallest absolute Gasteiger partial charge is 0.188 e. The van der Waals surface area contributed by atoms with Crippen molar-refractivity contribution < 1.29 is 0 Å². The number of unbranched alkanes of at least 4 members (excludes halogenated alkanes) is 1. The van der Waals surface area contributed by atoms with Gasteiger partial charge in [0.1, 0.15) is 0 Å². The van der Waals surface area contributed by atoms with E-state index in [1.54, 1.807) is 0 Å². The van der Waals surface area contributed by atoms with E-state index in [4.69, 9.17) is 5.73 Å². The van der Waals surface area contributed by atoms with Gasteiger partial charge >= 0.3 is 0 Å². The van der Waals surface area contributed by atoms with Crippen LogP contribution in [0.1, 0.15) is 56.6 Å². The fraction of sp³-hybridized carbons (Fsp3) is 0.632. The van der Waals surface area contributed by atoms with Crippen molar-refractivity contribution >= 4 is 5.96 Å². The molecular weight excluding hydrogens is 284 g/mol. The summed E-state index contributed by atoms with van der Waals surface area (Å²) in [5.74, 6) is 0.552. The number of nitrogens with zero attached hydrogens (tertiary/aromatic N) is 2. The van der Waals surface area contributed by atoms with Crippen LogP contribution < -0.4 is 11.1 Å². The van der Waals surface area contributed by atoms with Gasteiger partial charge in [-0.15, -0.1) is 0 Å². The van der Waals surface area contributed by atoms with E-state index in [9.17, 15) is 0 Å². The first-order chi connectivity index (χ1) is 11.3. The van der Waals surface area contributed by atoms with Crippen molar-refractivity contribution in [3.05, 3.63) is 35.4 Å². The normalized spacial score (nSPS) is 17.0. The highest BCUT2D eigenvalue weighted by Gasteiger charge is 2.09. The lowest BCUT2D eigenvalue weighted by molar-refractivity contribution is 0.277. The Bertz CT molecular complexity index is 476. The van der Waals surface area contributed by atoms with Gasteiger partial charge in [-0.25, -0.2) is 4.99 Å².